The van der Waals surface area contributed by atoms with E-state index in [2.05, 4.69) is 9.27 Å². The van der Waals surface area contributed by atoms with Crippen LogP contribution in [-0.2, 0) is 23.1 Å². The number of aromatic nitrogens is 1. The van der Waals surface area contributed by atoms with E-state index in [1.807, 2.05) is 34.5 Å². The van der Waals surface area contributed by atoms with Crippen LogP contribution in [0.3, 0.4) is 0 Å². The van der Waals surface area contributed by atoms with Crippen molar-refractivity contribution in [3.63, 3.8) is 0 Å². The van der Waals surface area contributed by atoms with Gasteiger partial charge in [0.05, 0.1) is 17.7 Å². The van der Waals surface area contributed by atoms with Crippen molar-refractivity contribution in [1.29, 1.82) is 0 Å². The molecular formula is C26H32N4O3S. The number of nitrogens with zero attached hydrogens (tertiary/aromatic N) is 3. The molecule has 2 aromatic rings. The lowest BCUT2D eigenvalue weighted by Gasteiger charge is -2.61. The summed E-state index contributed by atoms with van der Waals surface area (Å²) in [5.41, 5.74) is 7.80. The highest BCUT2D eigenvalue weighted by Crippen LogP contribution is 2.56. The Bertz CT molecular complexity index is 1120. The predicted octanol–water partition coefficient (Wildman–Crippen LogP) is 2.12. The Hall–Kier alpha value is -2.29. The molecule has 180 valence electrons. The van der Waals surface area contributed by atoms with Gasteiger partial charge in [-0.3, -0.25) is 14.5 Å². The molecule has 8 heteroatoms. The van der Waals surface area contributed by atoms with E-state index < -0.39 is 16.9 Å². The molecule has 2 bridgehead atoms. The minimum Gasteiger partial charge on any atom is -0.387 e. The van der Waals surface area contributed by atoms with Gasteiger partial charge in [-0.05, 0) is 91.8 Å². The molecule has 2 saturated heterocycles. The summed E-state index contributed by atoms with van der Waals surface area (Å²) in [5, 5.41) is 14.5. The second kappa shape index (κ2) is 8.14. The van der Waals surface area contributed by atoms with Gasteiger partial charge >= 0.3 is 0 Å². The first-order chi connectivity index (χ1) is 16.4. The number of amides is 2. The smallest absolute Gasteiger partial charge is 0.248 e. The van der Waals surface area contributed by atoms with Crippen LogP contribution in [-0.4, -0.2) is 68.9 Å². The fraction of sp³-hybridized carbons (Fsp3) is 0.577. The molecule has 0 radical (unpaired) electrons. The molecule has 1 aromatic carbocycles. The number of nitrogens with two attached hydrogens (primary N) is 1. The summed E-state index contributed by atoms with van der Waals surface area (Å²) < 4.78 is 4.31. The lowest BCUT2D eigenvalue weighted by molar-refractivity contribution is -0.149. The van der Waals surface area contributed by atoms with Crippen LogP contribution in [0.1, 0.15) is 59.3 Å². The molecule has 3 atom stereocenters. The van der Waals surface area contributed by atoms with Gasteiger partial charge in [-0.25, -0.2) is 0 Å². The van der Waals surface area contributed by atoms with Crippen LogP contribution in [0.5, 0.6) is 0 Å². The van der Waals surface area contributed by atoms with Crippen molar-refractivity contribution in [2.75, 3.05) is 26.2 Å². The molecule has 3 heterocycles. The maximum atomic E-state index is 13.2. The molecule has 34 heavy (non-hydrogen) atoms. The van der Waals surface area contributed by atoms with Crippen molar-refractivity contribution in [3.05, 3.63) is 52.0 Å². The molecule has 2 aliphatic heterocycles. The van der Waals surface area contributed by atoms with E-state index in [0.717, 1.165) is 43.1 Å². The molecular weight excluding hydrogens is 448 g/mol. The number of benzene rings is 1. The summed E-state index contributed by atoms with van der Waals surface area (Å²) in [4.78, 5) is 29.6. The highest BCUT2D eigenvalue weighted by Gasteiger charge is 2.63. The Morgan fingerprint density at radius 3 is 2.68 bits per heavy atom. The molecule has 0 unspecified atom stereocenters. The average Bonchev–Trinajstić information content (AvgIpc) is 3.52. The number of carbonyl (C=O) groups is 2. The number of primary amides is 1. The third kappa shape index (κ3) is 3.49. The van der Waals surface area contributed by atoms with Crippen molar-refractivity contribution < 1.29 is 14.7 Å². The first kappa shape index (κ1) is 22.2. The molecule has 0 spiro atoms. The summed E-state index contributed by atoms with van der Waals surface area (Å²) in [5.74, 6) is 0.376. The number of likely N-dealkylation sites (tertiary alicyclic amines) is 2. The van der Waals surface area contributed by atoms with Crippen LogP contribution in [0.2, 0.25) is 0 Å². The zero-order chi connectivity index (χ0) is 23.5. The molecule has 1 aromatic heterocycles. The van der Waals surface area contributed by atoms with Crippen molar-refractivity contribution in [2.24, 2.45) is 11.7 Å². The predicted molar refractivity (Wildman–Crippen MR) is 130 cm³/mol. The van der Waals surface area contributed by atoms with Gasteiger partial charge in [0.25, 0.3) is 0 Å². The second-order valence-corrected chi connectivity index (χ2v) is 11.4. The number of hydrogen-bond acceptors (Lipinski definition) is 6. The van der Waals surface area contributed by atoms with E-state index in [1.165, 1.54) is 29.9 Å². The maximum Gasteiger partial charge on any atom is 0.248 e. The SMILES string of the molecule is NC(=O)c1ccc2c(c1)[C@@]13CCN(C(=O)Cc4ccsn4)CC[C@@]1(O)[C@@H](C2)N(CC1CC1)CC3. The van der Waals surface area contributed by atoms with E-state index in [0.29, 0.717) is 37.9 Å². The number of fused-ring (bicyclic) bond motifs is 1. The van der Waals surface area contributed by atoms with Gasteiger partial charge in [0.2, 0.25) is 11.8 Å². The van der Waals surface area contributed by atoms with Gasteiger partial charge in [-0.15, -0.1) is 0 Å². The van der Waals surface area contributed by atoms with Crippen molar-refractivity contribution in [3.8, 4) is 0 Å². The zero-order valence-corrected chi connectivity index (χ0v) is 20.2. The molecule has 3 N–H and O–H groups in total. The third-order valence-corrected chi connectivity index (χ3v) is 9.50. The Kier molecular flexibility index (Phi) is 5.31. The first-order valence-electron chi connectivity index (χ1n) is 12.5. The Labute approximate surface area is 204 Å². The zero-order valence-electron chi connectivity index (χ0n) is 19.4. The monoisotopic (exact) mass is 480 g/mol. The molecule has 6 rings (SSSR count). The standard InChI is InChI=1S/C26H32N4O3S/c27-24(32)19-4-3-18-14-22-26(33)8-11-29(23(31)15-20-5-12-34-28-20)9-6-25(26,21(18)13-19)7-10-30(22)16-17-1-2-17/h3-5,12-13,17,22,33H,1-2,6-11,14-16H2,(H2,27,32)/t22-,25+,26-/m1/s1. The van der Waals surface area contributed by atoms with E-state index >= 15 is 0 Å². The summed E-state index contributed by atoms with van der Waals surface area (Å²) in [7, 11) is 0. The molecule has 4 aliphatic rings. The Morgan fingerprint density at radius 2 is 1.94 bits per heavy atom. The number of aliphatic hydroxyl groups is 1. The van der Waals surface area contributed by atoms with Gasteiger partial charge in [0, 0.05) is 42.0 Å². The molecule has 2 aliphatic carbocycles. The van der Waals surface area contributed by atoms with Crippen LogP contribution in [0.25, 0.3) is 0 Å². The summed E-state index contributed by atoms with van der Waals surface area (Å²) >= 11 is 1.36. The summed E-state index contributed by atoms with van der Waals surface area (Å²) in [6.07, 6.45) is 5.70. The largest absolute Gasteiger partial charge is 0.387 e. The number of piperidine rings is 1. The minimum absolute atomic E-state index is 0.0300. The quantitative estimate of drug-likeness (QED) is 0.683. The highest BCUT2D eigenvalue weighted by atomic mass is 32.1. The lowest BCUT2D eigenvalue weighted by Crippen LogP contribution is -2.71. The van der Waals surface area contributed by atoms with Crippen LogP contribution < -0.4 is 5.73 Å². The summed E-state index contributed by atoms with van der Waals surface area (Å²) in [6.45, 7) is 3.13. The second-order valence-electron chi connectivity index (χ2n) is 10.7. The van der Waals surface area contributed by atoms with Gasteiger partial charge < -0.3 is 15.7 Å². The van der Waals surface area contributed by atoms with Gasteiger partial charge in [-0.2, -0.15) is 4.37 Å². The topological polar surface area (TPSA) is 99.8 Å². The fourth-order valence-electron chi connectivity index (χ4n) is 6.88. The Balaban J connectivity index is 1.38. The average molecular weight is 481 g/mol. The van der Waals surface area contributed by atoms with Gasteiger partial charge in [0.1, 0.15) is 0 Å². The van der Waals surface area contributed by atoms with Crippen LogP contribution in [0, 0.1) is 5.92 Å². The van der Waals surface area contributed by atoms with E-state index in [-0.39, 0.29) is 11.9 Å². The third-order valence-electron chi connectivity index (χ3n) is 8.91. The van der Waals surface area contributed by atoms with Crippen molar-refractivity contribution in [2.45, 2.75) is 62.0 Å². The van der Waals surface area contributed by atoms with Gasteiger partial charge in [0.15, 0.2) is 0 Å². The minimum atomic E-state index is -0.945. The van der Waals surface area contributed by atoms with Gasteiger partial charge in [-0.1, -0.05) is 6.07 Å². The van der Waals surface area contributed by atoms with Crippen LogP contribution in [0.15, 0.2) is 29.6 Å². The number of carbonyl (C=O) groups excluding carboxylic acids is 2. The molecule has 1 saturated carbocycles. The molecule has 2 amide bonds. The molecule has 3 fully saturated rings. The van der Waals surface area contributed by atoms with E-state index in [9.17, 15) is 14.7 Å². The van der Waals surface area contributed by atoms with E-state index in [4.69, 9.17) is 5.73 Å². The number of hydrogen-bond donors (Lipinski definition) is 2. The van der Waals surface area contributed by atoms with Crippen molar-refractivity contribution in [1.82, 2.24) is 14.2 Å². The van der Waals surface area contributed by atoms with Crippen molar-refractivity contribution >= 4 is 23.3 Å². The fourth-order valence-corrected chi connectivity index (χ4v) is 7.42. The summed E-state index contributed by atoms with van der Waals surface area (Å²) in [6, 6.07) is 7.73. The molecule has 7 nitrogen and oxygen atoms in total. The highest BCUT2D eigenvalue weighted by molar-refractivity contribution is 7.03. The van der Waals surface area contributed by atoms with Crippen LogP contribution >= 0.6 is 11.5 Å². The van der Waals surface area contributed by atoms with Crippen LogP contribution in [0.4, 0.5) is 0 Å². The van der Waals surface area contributed by atoms with E-state index in [1.54, 1.807) is 0 Å². The number of rotatable bonds is 5. The normalized spacial score (nSPS) is 30.9. The first-order valence-corrected chi connectivity index (χ1v) is 13.3. The Morgan fingerprint density at radius 1 is 1.15 bits per heavy atom. The lowest BCUT2D eigenvalue weighted by atomic mass is 9.52. The maximum absolute atomic E-state index is 13.2.